The number of rotatable bonds is 5. The van der Waals surface area contributed by atoms with Crippen LogP contribution in [0.4, 0.5) is 16.3 Å². The van der Waals surface area contributed by atoms with E-state index >= 15 is 0 Å². The van der Waals surface area contributed by atoms with Crippen LogP contribution in [-0.4, -0.2) is 53.8 Å². The van der Waals surface area contributed by atoms with Gasteiger partial charge in [0.1, 0.15) is 5.82 Å². The predicted molar refractivity (Wildman–Crippen MR) is 128 cm³/mol. The lowest BCUT2D eigenvalue weighted by molar-refractivity contribution is 0.0985. The van der Waals surface area contributed by atoms with Crippen LogP contribution in [0.1, 0.15) is 23.4 Å². The number of carbonyl (C=O) groups excluding carboxylic acids is 1. The monoisotopic (exact) mass is 450 g/mol. The van der Waals surface area contributed by atoms with Crippen LogP contribution in [0.5, 0.6) is 0 Å². The molecule has 166 valence electrons. The highest BCUT2D eigenvalue weighted by Crippen LogP contribution is 2.31. The Morgan fingerprint density at radius 2 is 1.94 bits per heavy atom. The molecule has 3 heterocycles. The van der Waals surface area contributed by atoms with E-state index in [4.69, 9.17) is 27.3 Å². The molecule has 0 radical (unpaired) electrons. The number of benzene rings is 1. The van der Waals surface area contributed by atoms with Gasteiger partial charge < -0.3 is 20.3 Å². The molecule has 1 aliphatic rings. The standard InChI is InChI=1S/C23H26N6O2S/c1-15-14-31-12-11-29(15)20-13-19(21(32)16-7-9-25-10-8-16)27-22(28-20)17-3-5-18(6-4-17)26-23(30)24-2/h3-10,13,15,21,32H,11-12,14H2,1-2H3,(H2,24,26,30)/t15-,21?/m0/s1. The van der Waals surface area contributed by atoms with Gasteiger partial charge in [0.05, 0.1) is 30.2 Å². The number of nitrogens with one attached hydrogen (secondary N) is 2. The highest BCUT2D eigenvalue weighted by atomic mass is 32.1. The number of nitrogens with zero attached hydrogens (tertiary/aromatic N) is 4. The maximum Gasteiger partial charge on any atom is 0.318 e. The Hall–Kier alpha value is -3.17. The number of thiol groups is 1. The maximum atomic E-state index is 11.6. The van der Waals surface area contributed by atoms with Crippen LogP contribution in [0.3, 0.4) is 0 Å². The molecule has 2 N–H and O–H groups in total. The summed E-state index contributed by atoms with van der Waals surface area (Å²) in [5, 5.41) is 5.08. The number of pyridine rings is 1. The molecule has 1 aliphatic heterocycles. The lowest BCUT2D eigenvalue weighted by Crippen LogP contribution is -2.44. The largest absolute Gasteiger partial charge is 0.377 e. The summed E-state index contributed by atoms with van der Waals surface area (Å²) in [6, 6.07) is 13.3. The second-order valence-electron chi connectivity index (χ2n) is 7.56. The van der Waals surface area contributed by atoms with E-state index in [0.717, 1.165) is 29.2 Å². The van der Waals surface area contributed by atoms with Crippen molar-refractivity contribution in [3.05, 3.63) is 66.1 Å². The summed E-state index contributed by atoms with van der Waals surface area (Å²) in [5.41, 5.74) is 3.37. The van der Waals surface area contributed by atoms with E-state index in [-0.39, 0.29) is 17.3 Å². The number of urea groups is 1. The van der Waals surface area contributed by atoms with Crippen molar-refractivity contribution in [3.63, 3.8) is 0 Å². The number of carbonyl (C=O) groups is 1. The molecule has 2 aromatic heterocycles. The molecule has 1 unspecified atom stereocenters. The van der Waals surface area contributed by atoms with Gasteiger partial charge in [0.15, 0.2) is 5.82 Å². The van der Waals surface area contributed by atoms with Crippen molar-refractivity contribution in [2.75, 3.05) is 37.0 Å². The number of anilines is 2. The third-order valence-electron chi connectivity index (χ3n) is 5.32. The van der Waals surface area contributed by atoms with Crippen LogP contribution in [0, 0.1) is 0 Å². The van der Waals surface area contributed by atoms with Crippen LogP contribution in [-0.2, 0) is 4.74 Å². The van der Waals surface area contributed by atoms with Crippen molar-refractivity contribution >= 4 is 30.2 Å². The highest BCUT2D eigenvalue weighted by molar-refractivity contribution is 7.80. The molecule has 9 heteroatoms. The third kappa shape index (κ3) is 5.00. The Labute approximate surface area is 192 Å². The molecule has 0 spiro atoms. The predicted octanol–water partition coefficient (Wildman–Crippen LogP) is 3.53. The van der Waals surface area contributed by atoms with Gasteiger partial charge >= 0.3 is 6.03 Å². The van der Waals surface area contributed by atoms with Crippen LogP contribution in [0.15, 0.2) is 54.9 Å². The molecule has 1 fully saturated rings. The zero-order valence-electron chi connectivity index (χ0n) is 18.0. The maximum absolute atomic E-state index is 11.6. The summed E-state index contributed by atoms with van der Waals surface area (Å²) < 4.78 is 5.60. The third-order valence-corrected chi connectivity index (χ3v) is 5.89. The van der Waals surface area contributed by atoms with Gasteiger partial charge in [0.2, 0.25) is 0 Å². The van der Waals surface area contributed by atoms with Crippen molar-refractivity contribution in [3.8, 4) is 11.4 Å². The average Bonchev–Trinajstić information content (AvgIpc) is 2.84. The van der Waals surface area contributed by atoms with Crippen LogP contribution in [0.2, 0.25) is 0 Å². The Kier molecular flexibility index (Phi) is 6.87. The number of morpholine rings is 1. The van der Waals surface area contributed by atoms with E-state index < -0.39 is 0 Å². The SMILES string of the molecule is CNC(=O)Nc1ccc(-c2nc(C(S)c3ccncc3)cc(N3CCOC[C@@H]3C)n2)cc1. The minimum atomic E-state index is -0.269. The molecule has 2 atom stereocenters. The molecule has 32 heavy (non-hydrogen) atoms. The Balaban J connectivity index is 1.72. The van der Waals surface area contributed by atoms with Gasteiger partial charge in [-0.05, 0) is 48.9 Å². The van der Waals surface area contributed by atoms with Crippen molar-refractivity contribution in [2.24, 2.45) is 0 Å². The fourth-order valence-electron chi connectivity index (χ4n) is 3.55. The van der Waals surface area contributed by atoms with E-state index in [9.17, 15) is 4.79 Å². The van der Waals surface area contributed by atoms with Gasteiger partial charge in [-0.25, -0.2) is 14.8 Å². The molecular formula is C23H26N6O2S. The molecule has 1 saturated heterocycles. The van der Waals surface area contributed by atoms with E-state index in [1.54, 1.807) is 19.4 Å². The van der Waals surface area contributed by atoms with Gasteiger partial charge in [-0.15, -0.1) is 0 Å². The second-order valence-corrected chi connectivity index (χ2v) is 8.07. The molecule has 8 nitrogen and oxygen atoms in total. The summed E-state index contributed by atoms with van der Waals surface area (Å²) in [7, 11) is 1.58. The van der Waals surface area contributed by atoms with Gasteiger partial charge in [0, 0.05) is 43.3 Å². The van der Waals surface area contributed by atoms with Crippen LogP contribution in [0.25, 0.3) is 11.4 Å². The summed E-state index contributed by atoms with van der Waals surface area (Å²) in [6.45, 7) is 4.20. The van der Waals surface area contributed by atoms with Crippen molar-refractivity contribution in [1.29, 1.82) is 0 Å². The molecular weight excluding hydrogens is 424 g/mol. The average molecular weight is 451 g/mol. The minimum Gasteiger partial charge on any atom is -0.377 e. The van der Waals surface area contributed by atoms with E-state index in [2.05, 4.69) is 27.4 Å². The summed E-state index contributed by atoms with van der Waals surface area (Å²) in [6.07, 6.45) is 3.51. The van der Waals surface area contributed by atoms with Gasteiger partial charge in [-0.3, -0.25) is 4.98 Å². The first-order chi connectivity index (χ1) is 15.5. The quantitative estimate of drug-likeness (QED) is 0.515. The smallest absolute Gasteiger partial charge is 0.318 e. The van der Waals surface area contributed by atoms with E-state index in [0.29, 0.717) is 24.7 Å². The highest BCUT2D eigenvalue weighted by Gasteiger charge is 2.23. The number of ether oxygens (including phenoxy) is 1. The van der Waals surface area contributed by atoms with Gasteiger partial charge in [0.25, 0.3) is 0 Å². The lowest BCUT2D eigenvalue weighted by atomic mass is 10.1. The fourth-order valence-corrected chi connectivity index (χ4v) is 3.85. The van der Waals surface area contributed by atoms with Gasteiger partial charge in [-0.2, -0.15) is 12.6 Å². The first-order valence-electron chi connectivity index (χ1n) is 10.5. The molecule has 4 rings (SSSR count). The molecule has 3 aromatic rings. The minimum absolute atomic E-state index is 0.206. The number of aromatic nitrogens is 3. The van der Waals surface area contributed by atoms with Gasteiger partial charge in [-0.1, -0.05) is 0 Å². The van der Waals surface area contributed by atoms with Crippen LogP contribution >= 0.6 is 12.6 Å². The van der Waals surface area contributed by atoms with Crippen LogP contribution < -0.4 is 15.5 Å². The van der Waals surface area contributed by atoms with Crippen molar-refractivity contribution in [1.82, 2.24) is 20.3 Å². The zero-order chi connectivity index (χ0) is 22.5. The Bertz CT molecular complexity index is 1060. The topological polar surface area (TPSA) is 92.3 Å². The second kappa shape index (κ2) is 9.97. The number of hydrogen-bond acceptors (Lipinski definition) is 7. The molecule has 0 bridgehead atoms. The first kappa shape index (κ1) is 22.0. The summed E-state index contributed by atoms with van der Waals surface area (Å²) in [4.78, 5) is 27.6. The van der Waals surface area contributed by atoms with Crippen molar-refractivity contribution < 1.29 is 9.53 Å². The van der Waals surface area contributed by atoms with Crippen molar-refractivity contribution in [2.45, 2.75) is 18.2 Å². The first-order valence-corrected chi connectivity index (χ1v) is 11.0. The lowest BCUT2D eigenvalue weighted by Gasteiger charge is -2.34. The zero-order valence-corrected chi connectivity index (χ0v) is 18.9. The Morgan fingerprint density at radius 3 is 2.62 bits per heavy atom. The number of hydrogen-bond donors (Lipinski definition) is 3. The summed E-state index contributed by atoms with van der Waals surface area (Å²) in [5.74, 6) is 1.46. The molecule has 1 aromatic carbocycles. The van der Waals surface area contributed by atoms with E-state index in [1.807, 2.05) is 42.5 Å². The fraction of sp³-hybridized carbons (Fsp3) is 0.304. The molecule has 0 saturated carbocycles. The molecule has 2 amide bonds. The normalized spacial score (nSPS) is 17.0. The number of amides is 2. The molecule has 0 aliphatic carbocycles. The summed E-state index contributed by atoms with van der Waals surface area (Å²) >= 11 is 4.85. The Morgan fingerprint density at radius 1 is 1.19 bits per heavy atom. The van der Waals surface area contributed by atoms with E-state index in [1.165, 1.54) is 0 Å².